The van der Waals surface area contributed by atoms with Crippen molar-refractivity contribution in [2.75, 3.05) is 26.2 Å². The third kappa shape index (κ3) is 4.02. The first-order chi connectivity index (χ1) is 13.3. The molecule has 0 radical (unpaired) electrons. The number of piperidine rings is 1. The van der Waals surface area contributed by atoms with Gasteiger partial charge in [0.25, 0.3) is 0 Å². The molecule has 1 saturated carbocycles. The Morgan fingerprint density at radius 3 is 2.75 bits per heavy atom. The second kappa shape index (κ2) is 7.71. The lowest BCUT2D eigenvalue weighted by Gasteiger charge is -2.46. The summed E-state index contributed by atoms with van der Waals surface area (Å²) < 4.78 is 6.40. The molecule has 1 aromatic heterocycles. The first kappa shape index (κ1) is 20.3. The van der Waals surface area contributed by atoms with Crippen LogP contribution in [0.25, 0.3) is 0 Å². The molecule has 0 atom stereocenters. The maximum absolute atomic E-state index is 12.0. The Balaban J connectivity index is 1.26. The van der Waals surface area contributed by atoms with Gasteiger partial charge in [-0.1, -0.05) is 6.92 Å². The normalized spacial score (nSPS) is 27.3. The number of thiophene rings is 1. The van der Waals surface area contributed by atoms with E-state index in [1.165, 1.54) is 10.4 Å². The summed E-state index contributed by atoms with van der Waals surface area (Å²) in [6.07, 6.45) is 6.58. The Hall–Kier alpha value is -0.950. The van der Waals surface area contributed by atoms with Gasteiger partial charge in [-0.05, 0) is 63.5 Å². The highest BCUT2D eigenvalue weighted by Crippen LogP contribution is 2.45. The number of hydrogen-bond donors (Lipinski definition) is 2. The molecule has 3 aliphatic rings. The summed E-state index contributed by atoms with van der Waals surface area (Å²) >= 11 is 2.00. The van der Waals surface area contributed by atoms with Gasteiger partial charge in [0, 0.05) is 41.9 Å². The van der Waals surface area contributed by atoms with Crippen LogP contribution < -0.4 is 11.1 Å². The molecule has 1 aliphatic carbocycles. The minimum Gasteiger partial charge on any atom is -0.370 e. The molecule has 3 heterocycles. The van der Waals surface area contributed by atoms with Crippen LogP contribution in [0.2, 0.25) is 0 Å². The summed E-state index contributed by atoms with van der Waals surface area (Å²) in [5.41, 5.74) is 6.55. The summed E-state index contributed by atoms with van der Waals surface area (Å²) in [6.45, 7) is 10.0. The van der Waals surface area contributed by atoms with E-state index < -0.39 is 5.54 Å². The van der Waals surface area contributed by atoms with Crippen molar-refractivity contribution in [2.45, 2.75) is 76.5 Å². The summed E-state index contributed by atoms with van der Waals surface area (Å²) in [5, 5.41) is 3.09. The van der Waals surface area contributed by atoms with Gasteiger partial charge in [-0.2, -0.15) is 0 Å². The molecular formula is C22H35N3O2S. The van der Waals surface area contributed by atoms with Gasteiger partial charge in [-0.25, -0.2) is 0 Å². The maximum Gasteiger partial charge on any atom is 0.239 e. The highest BCUT2D eigenvalue weighted by atomic mass is 32.1. The smallest absolute Gasteiger partial charge is 0.239 e. The molecule has 6 heteroatoms. The predicted molar refractivity (Wildman–Crippen MR) is 114 cm³/mol. The van der Waals surface area contributed by atoms with Crippen LogP contribution in [-0.4, -0.2) is 48.6 Å². The van der Waals surface area contributed by atoms with Crippen molar-refractivity contribution < 1.29 is 9.53 Å². The van der Waals surface area contributed by atoms with Gasteiger partial charge in [0.2, 0.25) is 5.91 Å². The summed E-state index contributed by atoms with van der Waals surface area (Å²) in [7, 11) is 0. The van der Waals surface area contributed by atoms with Crippen molar-refractivity contribution in [3.05, 3.63) is 21.4 Å². The molecule has 5 nitrogen and oxygen atoms in total. The van der Waals surface area contributed by atoms with E-state index in [2.05, 4.69) is 23.2 Å². The van der Waals surface area contributed by atoms with Gasteiger partial charge in [-0.3, -0.25) is 4.79 Å². The van der Waals surface area contributed by atoms with E-state index in [1.807, 2.05) is 11.3 Å². The number of hydrogen-bond acceptors (Lipinski definition) is 5. The van der Waals surface area contributed by atoms with Crippen molar-refractivity contribution in [3.63, 3.8) is 0 Å². The molecule has 28 heavy (non-hydrogen) atoms. The number of carbonyl (C=O) groups is 1. The zero-order valence-corrected chi connectivity index (χ0v) is 18.4. The average Bonchev–Trinajstić information content (AvgIpc) is 3.06. The number of nitrogens with zero attached hydrogens (tertiary/aromatic N) is 1. The molecule has 4 rings (SSSR count). The predicted octanol–water partition coefficient (Wildman–Crippen LogP) is 2.81. The molecule has 156 valence electrons. The van der Waals surface area contributed by atoms with Gasteiger partial charge in [0.05, 0.1) is 17.7 Å². The number of ether oxygens (including phenoxy) is 1. The first-order valence-corrected chi connectivity index (χ1v) is 11.7. The van der Waals surface area contributed by atoms with Gasteiger partial charge in [0.15, 0.2) is 0 Å². The standard InChI is InChI=1S/C22H35N3O2S/c1-4-17-13-18-19(28-17)5-10-27-22(18)6-8-25(9-7-22)14-15-11-16(12-15)24-20(26)21(2,3)23/h13,15-16H,4-12,14,23H2,1-3H3,(H,24,26). The molecule has 3 N–H and O–H groups in total. The molecule has 1 spiro atoms. The van der Waals surface area contributed by atoms with E-state index in [0.29, 0.717) is 12.0 Å². The Kier molecular flexibility index (Phi) is 5.60. The van der Waals surface area contributed by atoms with Crippen LogP contribution in [0.15, 0.2) is 6.07 Å². The van der Waals surface area contributed by atoms with Crippen LogP contribution in [0.3, 0.4) is 0 Å². The summed E-state index contributed by atoms with van der Waals surface area (Å²) in [5.74, 6) is 0.652. The van der Waals surface area contributed by atoms with Crippen molar-refractivity contribution in [1.29, 1.82) is 0 Å². The largest absolute Gasteiger partial charge is 0.370 e. The molecule has 0 unspecified atom stereocenters. The number of fused-ring (bicyclic) bond motifs is 2. The molecule has 1 amide bonds. The molecule has 0 bridgehead atoms. The average molecular weight is 406 g/mol. The van der Waals surface area contributed by atoms with E-state index >= 15 is 0 Å². The fraction of sp³-hybridized carbons (Fsp3) is 0.773. The Morgan fingerprint density at radius 1 is 1.39 bits per heavy atom. The van der Waals surface area contributed by atoms with Crippen LogP contribution in [0, 0.1) is 5.92 Å². The minimum atomic E-state index is -0.787. The first-order valence-electron chi connectivity index (χ1n) is 10.9. The van der Waals surface area contributed by atoms with Gasteiger partial charge >= 0.3 is 0 Å². The number of amides is 1. The maximum atomic E-state index is 12.0. The zero-order valence-electron chi connectivity index (χ0n) is 17.6. The van der Waals surface area contributed by atoms with Crippen LogP contribution >= 0.6 is 11.3 Å². The Morgan fingerprint density at radius 2 is 2.11 bits per heavy atom. The number of carbonyl (C=O) groups excluding carboxylic acids is 1. The highest BCUT2D eigenvalue weighted by Gasteiger charge is 2.43. The van der Waals surface area contributed by atoms with E-state index in [4.69, 9.17) is 10.5 Å². The van der Waals surface area contributed by atoms with Gasteiger partial charge in [0.1, 0.15) is 0 Å². The van der Waals surface area contributed by atoms with E-state index in [1.54, 1.807) is 18.7 Å². The molecule has 2 aliphatic heterocycles. The minimum absolute atomic E-state index is 0.0309. The number of nitrogens with two attached hydrogens (primary N) is 1. The number of rotatable bonds is 5. The molecule has 0 aromatic carbocycles. The lowest BCUT2D eigenvalue weighted by atomic mass is 9.78. The SMILES string of the molecule is CCc1cc2c(s1)CCOC21CCN(CC2CC(NC(=O)C(C)(C)N)C2)CC1. The van der Waals surface area contributed by atoms with Crippen molar-refractivity contribution in [1.82, 2.24) is 10.2 Å². The topological polar surface area (TPSA) is 67.6 Å². The van der Waals surface area contributed by atoms with Crippen LogP contribution in [0.1, 0.15) is 61.8 Å². The number of nitrogens with one attached hydrogen (secondary N) is 1. The van der Waals surface area contributed by atoms with Crippen LogP contribution in [0.4, 0.5) is 0 Å². The van der Waals surface area contributed by atoms with E-state index in [-0.39, 0.29) is 11.5 Å². The van der Waals surface area contributed by atoms with Crippen LogP contribution in [-0.2, 0) is 28.0 Å². The van der Waals surface area contributed by atoms with Gasteiger partial charge < -0.3 is 20.7 Å². The lowest BCUT2D eigenvalue weighted by molar-refractivity contribution is -0.127. The molecular weight excluding hydrogens is 370 g/mol. The van der Waals surface area contributed by atoms with Gasteiger partial charge in [-0.15, -0.1) is 11.3 Å². The third-order valence-corrected chi connectivity index (χ3v) is 8.08. The van der Waals surface area contributed by atoms with E-state index in [9.17, 15) is 4.79 Å². The Labute approximate surface area is 173 Å². The van der Waals surface area contributed by atoms with Crippen LogP contribution in [0.5, 0.6) is 0 Å². The highest BCUT2D eigenvalue weighted by molar-refractivity contribution is 7.12. The molecule has 1 saturated heterocycles. The fourth-order valence-corrected chi connectivity index (χ4v) is 6.07. The van der Waals surface area contributed by atoms with Crippen molar-refractivity contribution >= 4 is 17.2 Å². The second-order valence-corrected chi connectivity index (χ2v) is 10.7. The lowest BCUT2D eigenvalue weighted by Crippen LogP contribution is -2.56. The van der Waals surface area contributed by atoms with Crippen molar-refractivity contribution in [3.8, 4) is 0 Å². The summed E-state index contributed by atoms with van der Waals surface area (Å²) in [4.78, 5) is 17.7. The van der Waals surface area contributed by atoms with Crippen molar-refractivity contribution in [2.24, 2.45) is 11.7 Å². The number of aryl methyl sites for hydroxylation is 1. The summed E-state index contributed by atoms with van der Waals surface area (Å²) in [6, 6.07) is 2.73. The third-order valence-electron chi connectivity index (χ3n) is 6.74. The fourth-order valence-electron chi connectivity index (χ4n) is 4.90. The molecule has 2 fully saturated rings. The Bertz CT molecular complexity index is 710. The second-order valence-electron chi connectivity index (χ2n) is 9.53. The quantitative estimate of drug-likeness (QED) is 0.790. The van der Waals surface area contributed by atoms with E-state index in [0.717, 1.165) is 64.8 Å². The molecule has 1 aromatic rings. The monoisotopic (exact) mass is 405 g/mol. The zero-order chi connectivity index (χ0) is 19.9. The number of likely N-dealkylation sites (tertiary alicyclic amines) is 1.